The number of benzene rings is 3. The molecule has 0 aromatic heterocycles. The molecule has 0 fully saturated rings. The summed E-state index contributed by atoms with van der Waals surface area (Å²) in [7, 11) is 1.54. The van der Waals surface area contributed by atoms with Gasteiger partial charge in [0.25, 0.3) is 0 Å². The van der Waals surface area contributed by atoms with Gasteiger partial charge in [-0.15, -0.1) is 0 Å². The first-order valence-corrected chi connectivity index (χ1v) is 8.93. The largest absolute Gasteiger partial charge is 0.494 e. The first-order valence-electron chi connectivity index (χ1n) is 8.93. The van der Waals surface area contributed by atoms with Crippen LogP contribution in [0.2, 0.25) is 0 Å². The smallest absolute Gasteiger partial charge is 0.198 e. The Hall–Kier alpha value is -3.14. The Morgan fingerprint density at radius 2 is 1.30 bits per heavy atom. The molecule has 0 saturated heterocycles. The van der Waals surface area contributed by atoms with Crippen molar-refractivity contribution in [3.63, 3.8) is 0 Å². The van der Waals surface area contributed by atoms with E-state index in [2.05, 4.69) is 5.32 Å². The van der Waals surface area contributed by atoms with E-state index in [0.717, 1.165) is 16.5 Å². The van der Waals surface area contributed by atoms with Gasteiger partial charge in [0.15, 0.2) is 17.3 Å². The Morgan fingerprint density at radius 3 is 1.85 bits per heavy atom. The summed E-state index contributed by atoms with van der Waals surface area (Å²) in [4.78, 5) is 26.6. The molecule has 0 unspecified atom stereocenters. The number of fused-ring (bicyclic) bond motifs is 4. The highest BCUT2D eigenvalue weighted by atomic mass is 16.5. The molecule has 1 N–H and O–H groups in total. The van der Waals surface area contributed by atoms with Gasteiger partial charge in [-0.2, -0.15) is 0 Å². The van der Waals surface area contributed by atoms with Crippen LogP contribution in [0.4, 0.5) is 5.69 Å². The molecular weight excluding hydrogens is 338 g/mol. The molecule has 0 bridgehead atoms. The molecule has 4 heteroatoms. The number of ether oxygens (including phenoxy) is 1. The number of rotatable bonds is 2. The van der Waals surface area contributed by atoms with E-state index in [9.17, 15) is 9.59 Å². The van der Waals surface area contributed by atoms with Gasteiger partial charge in [-0.25, -0.2) is 0 Å². The van der Waals surface area contributed by atoms with Crippen LogP contribution in [0.15, 0.2) is 48.5 Å². The highest BCUT2D eigenvalue weighted by Crippen LogP contribution is 2.45. The molecule has 0 aliphatic heterocycles. The van der Waals surface area contributed by atoms with Crippen molar-refractivity contribution < 1.29 is 14.3 Å². The third kappa shape index (κ3) is 2.60. The van der Waals surface area contributed by atoms with Gasteiger partial charge in [0.05, 0.1) is 18.4 Å². The lowest BCUT2D eigenvalue weighted by atomic mass is 9.80. The van der Waals surface area contributed by atoms with Crippen molar-refractivity contribution in [2.75, 3.05) is 12.4 Å². The Balaban J connectivity index is 2.15. The third-order valence-electron chi connectivity index (χ3n) is 4.74. The van der Waals surface area contributed by atoms with E-state index < -0.39 is 0 Å². The van der Waals surface area contributed by atoms with Crippen LogP contribution >= 0.6 is 0 Å². The number of nitrogens with one attached hydrogen (secondary N) is 1. The summed E-state index contributed by atoms with van der Waals surface area (Å²) in [5.41, 5.74) is 2.12. The summed E-state index contributed by atoms with van der Waals surface area (Å²) in [6.07, 6.45) is 0. The molecule has 0 atom stereocenters. The van der Waals surface area contributed by atoms with Gasteiger partial charge in [-0.05, 0) is 26.2 Å². The molecule has 136 valence electrons. The first-order chi connectivity index (χ1) is 12.8. The first kappa shape index (κ1) is 17.3. The van der Waals surface area contributed by atoms with Gasteiger partial charge in [0, 0.05) is 27.6 Å². The molecule has 4 nitrogen and oxygen atoms in total. The van der Waals surface area contributed by atoms with Gasteiger partial charge in [-0.1, -0.05) is 48.5 Å². The molecule has 1 aliphatic carbocycles. The Morgan fingerprint density at radius 1 is 0.778 bits per heavy atom. The molecule has 3 aromatic rings. The van der Waals surface area contributed by atoms with Crippen molar-refractivity contribution in [1.82, 2.24) is 0 Å². The number of carbonyl (C=O) groups excluding carboxylic acids is 2. The number of carbonyl (C=O) groups is 2. The minimum Gasteiger partial charge on any atom is -0.494 e. The molecule has 3 aromatic carbocycles. The average Bonchev–Trinajstić information content (AvgIpc) is 2.64. The summed E-state index contributed by atoms with van der Waals surface area (Å²) in [5, 5.41) is 5.09. The molecule has 1 aliphatic rings. The maximum Gasteiger partial charge on any atom is 0.198 e. The zero-order valence-corrected chi connectivity index (χ0v) is 15.8. The van der Waals surface area contributed by atoms with Crippen LogP contribution < -0.4 is 10.1 Å². The van der Waals surface area contributed by atoms with Crippen LogP contribution in [0, 0.1) is 0 Å². The normalized spacial score (nSPS) is 13.3. The van der Waals surface area contributed by atoms with Gasteiger partial charge in [0.1, 0.15) is 0 Å². The summed E-state index contributed by atoms with van der Waals surface area (Å²) in [6, 6.07) is 14.6. The minimum absolute atomic E-state index is 0.142. The predicted octanol–water partition coefficient (Wildman–Crippen LogP) is 4.83. The zero-order chi connectivity index (χ0) is 19.3. The monoisotopic (exact) mass is 359 g/mol. The van der Waals surface area contributed by atoms with E-state index in [1.54, 1.807) is 24.3 Å². The van der Waals surface area contributed by atoms with Crippen molar-refractivity contribution in [3.05, 3.63) is 70.8 Å². The standard InChI is InChI=1S/C23H21NO3/c1-23(2,3)24-19-14-10-6-5-9-13(14)17-18(22(19)27-4)21(26)16-12-8-7-11-15(16)20(17)25/h5-12,24H,1-4H3. The lowest BCUT2D eigenvalue weighted by molar-refractivity contribution is 0.0978. The summed E-state index contributed by atoms with van der Waals surface area (Å²) >= 11 is 0. The summed E-state index contributed by atoms with van der Waals surface area (Å²) in [6.45, 7) is 6.13. The molecule has 0 heterocycles. The molecule has 0 amide bonds. The number of ketones is 2. The van der Waals surface area contributed by atoms with E-state index in [-0.39, 0.29) is 17.1 Å². The maximum atomic E-state index is 13.3. The zero-order valence-electron chi connectivity index (χ0n) is 15.8. The number of hydrogen-bond acceptors (Lipinski definition) is 4. The SMILES string of the molecule is COc1c2c(c3ccccc3c1NC(C)(C)C)C(=O)c1ccccc1C2=O. The number of hydrogen-bond donors (Lipinski definition) is 1. The number of methoxy groups -OCH3 is 1. The molecule has 0 radical (unpaired) electrons. The second kappa shape index (κ2) is 5.95. The molecular formula is C23H21NO3. The van der Waals surface area contributed by atoms with E-state index in [4.69, 9.17) is 4.74 Å². The van der Waals surface area contributed by atoms with Gasteiger partial charge >= 0.3 is 0 Å². The van der Waals surface area contributed by atoms with E-state index in [1.807, 2.05) is 45.0 Å². The lowest BCUT2D eigenvalue weighted by Crippen LogP contribution is -2.28. The van der Waals surface area contributed by atoms with Crippen LogP contribution in [-0.2, 0) is 0 Å². The minimum atomic E-state index is -0.246. The maximum absolute atomic E-state index is 13.3. The van der Waals surface area contributed by atoms with Crippen molar-refractivity contribution in [2.24, 2.45) is 0 Å². The quantitative estimate of drug-likeness (QED) is 0.557. The summed E-state index contributed by atoms with van der Waals surface area (Å²) in [5.74, 6) is 0.100. The molecule has 0 saturated carbocycles. The van der Waals surface area contributed by atoms with Crippen LogP contribution in [0.3, 0.4) is 0 Å². The average molecular weight is 359 g/mol. The Kier molecular flexibility index (Phi) is 3.81. The van der Waals surface area contributed by atoms with Crippen LogP contribution in [0.25, 0.3) is 10.8 Å². The Bertz CT molecular complexity index is 1110. The van der Waals surface area contributed by atoms with E-state index in [0.29, 0.717) is 28.0 Å². The van der Waals surface area contributed by atoms with Gasteiger partial charge in [0.2, 0.25) is 0 Å². The van der Waals surface area contributed by atoms with E-state index >= 15 is 0 Å². The Labute approximate surface area is 158 Å². The second-order valence-electron chi connectivity index (χ2n) is 7.78. The topological polar surface area (TPSA) is 55.4 Å². The molecule has 27 heavy (non-hydrogen) atoms. The molecule has 0 spiro atoms. The van der Waals surface area contributed by atoms with Crippen molar-refractivity contribution in [3.8, 4) is 5.75 Å². The van der Waals surface area contributed by atoms with Crippen LogP contribution in [0.5, 0.6) is 5.75 Å². The fourth-order valence-electron chi connectivity index (χ4n) is 3.72. The number of anilines is 1. The molecule has 4 rings (SSSR count). The van der Waals surface area contributed by atoms with Crippen molar-refractivity contribution >= 4 is 28.0 Å². The highest BCUT2D eigenvalue weighted by Gasteiger charge is 2.36. The van der Waals surface area contributed by atoms with Crippen molar-refractivity contribution in [2.45, 2.75) is 26.3 Å². The van der Waals surface area contributed by atoms with Gasteiger partial charge < -0.3 is 10.1 Å². The van der Waals surface area contributed by atoms with E-state index in [1.165, 1.54) is 7.11 Å². The fourth-order valence-corrected chi connectivity index (χ4v) is 3.72. The second-order valence-corrected chi connectivity index (χ2v) is 7.78. The van der Waals surface area contributed by atoms with Crippen LogP contribution in [-0.4, -0.2) is 24.2 Å². The fraction of sp³-hybridized carbons (Fsp3) is 0.217. The predicted molar refractivity (Wildman–Crippen MR) is 107 cm³/mol. The highest BCUT2D eigenvalue weighted by molar-refractivity contribution is 6.34. The summed E-state index contributed by atoms with van der Waals surface area (Å²) < 4.78 is 5.70. The lowest BCUT2D eigenvalue weighted by Gasteiger charge is -2.29. The van der Waals surface area contributed by atoms with Crippen molar-refractivity contribution in [1.29, 1.82) is 0 Å². The van der Waals surface area contributed by atoms with Crippen LogP contribution in [0.1, 0.15) is 52.6 Å². The third-order valence-corrected chi connectivity index (χ3v) is 4.74. The van der Waals surface area contributed by atoms with Gasteiger partial charge in [-0.3, -0.25) is 9.59 Å².